The Labute approximate surface area is 231 Å². The largest absolute Gasteiger partial charge is 0.425 e. The molecule has 2 bridgehead atoms. The summed E-state index contributed by atoms with van der Waals surface area (Å²) in [6, 6.07) is 19.1. The van der Waals surface area contributed by atoms with Gasteiger partial charge in [-0.1, -0.05) is 42.5 Å². The summed E-state index contributed by atoms with van der Waals surface area (Å²) in [6.07, 6.45) is 5.83. The van der Waals surface area contributed by atoms with Gasteiger partial charge in [-0.15, -0.1) is 0 Å². The number of carbonyl (C=O) groups excluding carboxylic acids is 3. The number of aromatic nitrogens is 1. The minimum atomic E-state index is -1.65. The number of furan rings is 1. The molecular weight excluding hydrogens is 508 g/mol. The van der Waals surface area contributed by atoms with Gasteiger partial charge in [0, 0.05) is 35.5 Å². The molecule has 3 saturated heterocycles. The van der Waals surface area contributed by atoms with E-state index in [1.54, 1.807) is 48.7 Å². The maximum absolute atomic E-state index is 14.2. The number of fused-ring (bicyclic) bond motifs is 4. The molecule has 2 N–H and O–H groups in total. The van der Waals surface area contributed by atoms with Crippen molar-refractivity contribution in [1.29, 1.82) is 0 Å². The van der Waals surface area contributed by atoms with E-state index in [9.17, 15) is 14.4 Å². The summed E-state index contributed by atoms with van der Waals surface area (Å²) in [4.78, 5) is 49.0. The van der Waals surface area contributed by atoms with Crippen LogP contribution >= 0.6 is 0 Å². The Kier molecular flexibility index (Phi) is 7.04. The van der Waals surface area contributed by atoms with Gasteiger partial charge in [0.25, 0.3) is 17.8 Å². The Morgan fingerprint density at radius 3 is 2.48 bits per heavy atom. The average molecular weight is 539 g/mol. The molecule has 40 heavy (non-hydrogen) atoms. The van der Waals surface area contributed by atoms with Gasteiger partial charge in [-0.3, -0.25) is 19.5 Å². The zero-order valence-electron chi connectivity index (χ0n) is 21.9. The lowest BCUT2D eigenvalue weighted by atomic mass is 9.75. The number of nitrogens with two attached hydrogens (primary N) is 1. The van der Waals surface area contributed by atoms with Gasteiger partial charge < -0.3 is 19.8 Å². The number of para-hydroxylation sites is 1. The van der Waals surface area contributed by atoms with Gasteiger partial charge in [0.05, 0.1) is 6.04 Å². The minimum absolute atomic E-state index is 0.0645. The number of primary amides is 1. The second-order valence-corrected chi connectivity index (χ2v) is 10.4. The van der Waals surface area contributed by atoms with Crippen LogP contribution in [0.2, 0.25) is 0 Å². The molecule has 2 amide bonds. The number of amides is 2. The zero-order chi connectivity index (χ0) is 27.6. The summed E-state index contributed by atoms with van der Waals surface area (Å²) < 4.78 is 11.3. The van der Waals surface area contributed by atoms with Crippen LogP contribution in [0, 0.1) is 5.92 Å². The molecular formula is C31H30N4O5. The fraction of sp³-hybridized carbons (Fsp3) is 0.290. The predicted molar refractivity (Wildman–Crippen MR) is 147 cm³/mol. The van der Waals surface area contributed by atoms with Crippen molar-refractivity contribution in [3.8, 4) is 5.95 Å². The minimum Gasteiger partial charge on any atom is -0.425 e. The molecule has 204 valence electrons. The highest BCUT2D eigenvalue weighted by Gasteiger charge is 2.51. The summed E-state index contributed by atoms with van der Waals surface area (Å²) in [6.45, 7) is 1.76. The van der Waals surface area contributed by atoms with Crippen LogP contribution in [-0.2, 0) is 16.0 Å². The molecule has 3 aliphatic heterocycles. The topological polar surface area (TPSA) is 119 Å². The standard InChI is InChI=1S/C31H30N4O5/c32-29(36)28(31(38)40-26-18-23-10-4-5-11-25(23)39-26)35(30(37)22-8-2-1-3-9-22)27-21-12-15-34(16-13-21)24(27)17-20-7-6-14-33-19-20/h1-11,14,18-19,21,24,27-28H,12-13,15-17H2,(H2,32,36)/t24-,27+,28?/m0/s1. The van der Waals surface area contributed by atoms with E-state index < -0.39 is 29.9 Å². The fourth-order valence-corrected chi connectivity index (χ4v) is 6.23. The first-order valence-electron chi connectivity index (χ1n) is 13.5. The number of esters is 1. The highest BCUT2D eigenvalue weighted by atomic mass is 16.6. The van der Waals surface area contributed by atoms with Crippen molar-refractivity contribution in [1.82, 2.24) is 14.8 Å². The molecule has 3 fully saturated rings. The normalized spacial score (nSPS) is 22.5. The van der Waals surface area contributed by atoms with Gasteiger partial charge in [-0.25, -0.2) is 4.79 Å². The molecule has 1 unspecified atom stereocenters. The first-order chi connectivity index (χ1) is 19.5. The molecule has 0 radical (unpaired) electrons. The Morgan fingerprint density at radius 2 is 1.77 bits per heavy atom. The average Bonchev–Trinajstić information content (AvgIpc) is 3.39. The van der Waals surface area contributed by atoms with E-state index >= 15 is 0 Å². The lowest BCUT2D eigenvalue weighted by Gasteiger charge is -2.55. The smallest absolute Gasteiger partial charge is 0.346 e. The molecule has 2 aromatic carbocycles. The van der Waals surface area contributed by atoms with Gasteiger partial charge in [-0.2, -0.15) is 0 Å². The van der Waals surface area contributed by atoms with Crippen LogP contribution in [0.25, 0.3) is 11.0 Å². The van der Waals surface area contributed by atoms with Crippen molar-refractivity contribution >= 4 is 28.8 Å². The van der Waals surface area contributed by atoms with Crippen LogP contribution < -0.4 is 10.5 Å². The molecule has 4 aromatic rings. The van der Waals surface area contributed by atoms with Crippen LogP contribution in [0.1, 0.15) is 28.8 Å². The Morgan fingerprint density at radius 1 is 1.02 bits per heavy atom. The highest BCUT2D eigenvalue weighted by Crippen LogP contribution is 2.39. The van der Waals surface area contributed by atoms with E-state index in [1.165, 1.54) is 4.90 Å². The summed E-state index contributed by atoms with van der Waals surface area (Å²) in [5.74, 6) is -2.33. The van der Waals surface area contributed by atoms with Crippen LogP contribution in [0.15, 0.2) is 89.6 Å². The number of hydrogen-bond acceptors (Lipinski definition) is 7. The van der Waals surface area contributed by atoms with E-state index in [2.05, 4.69) is 9.88 Å². The number of hydrogen-bond donors (Lipinski definition) is 1. The Bertz CT molecular complexity index is 1480. The summed E-state index contributed by atoms with van der Waals surface area (Å²) in [7, 11) is 0. The lowest BCUT2D eigenvalue weighted by molar-refractivity contribution is -0.149. The molecule has 7 rings (SSSR count). The van der Waals surface area contributed by atoms with E-state index in [-0.39, 0.29) is 17.9 Å². The Hall–Kier alpha value is -4.50. The van der Waals surface area contributed by atoms with Gasteiger partial charge in [0.1, 0.15) is 5.58 Å². The number of pyridine rings is 1. The first-order valence-corrected chi connectivity index (χ1v) is 13.5. The molecule has 9 heteroatoms. The quantitative estimate of drug-likeness (QED) is 0.270. The van der Waals surface area contributed by atoms with Crippen LogP contribution in [0.4, 0.5) is 0 Å². The zero-order valence-corrected chi connectivity index (χ0v) is 21.9. The SMILES string of the molecule is NC(=O)C(C(=O)Oc1cc2ccccc2o1)N(C(=O)c1ccccc1)[C@@H]1C2CCN(CC2)[C@H]1Cc1cccnc1. The van der Waals surface area contributed by atoms with Crippen LogP contribution in [-0.4, -0.2) is 63.8 Å². The number of nitrogens with zero attached hydrogens (tertiary/aromatic N) is 3. The molecule has 0 spiro atoms. The monoisotopic (exact) mass is 538 g/mol. The third-order valence-electron chi connectivity index (χ3n) is 8.04. The van der Waals surface area contributed by atoms with Gasteiger partial charge in [-0.05, 0) is 68.1 Å². The summed E-state index contributed by atoms with van der Waals surface area (Å²) in [5.41, 5.74) is 7.81. The van der Waals surface area contributed by atoms with Crippen LogP contribution in [0.3, 0.4) is 0 Å². The molecule has 0 saturated carbocycles. The van der Waals surface area contributed by atoms with E-state index in [0.717, 1.165) is 36.9 Å². The lowest BCUT2D eigenvalue weighted by Crippen LogP contribution is -2.69. The predicted octanol–water partition coefficient (Wildman–Crippen LogP) is 3.44. The Balaban J connectivity index is 1.40. The van der Waals surface area contributed by atoms with Crippen LogP contribution in [0.5, 0.6) is 5.95 Å². The summed E-state index contributed by atoms with van der Waals surface area (Å²) >= 11 is 0. The van der Waals surface area contributed by atoms with Crippen molar-refractivity contribution in [2.75, 3.05) is 13.1 Å². The molecule has 9 nitrogen and oxygen atoms in total. The highest BCUT2D eigenvalue weighted by molar-refractivity contribution is 6.07. The van der Waals surface area contributed by atoms with Crippen molar-refractivity contribution in [3.05, 3.63) is 96.3 Å². The maximum atomic E-state index is 14.2. The number of benzene rings is 2. The van der Waals surface area contributed by atoms with Crippen molar-refractivity contribution < 1.29 is 23.5 Å². The third kappa shape index (κ3) is 4.96. The van der Waals surface area contributed by atoms with Crippen molar-refractivity contribution in [3.63, 3.8) is 0 Å². The number of rotatable bonds is 8. The molecule has 0 aliphatic carbocycles. The van der Waals surface area contributed by atoms with Gasteiger partial charge >= 0.3 is 5.97 Å². The third-order valence-corrected chi connectivity index (χ3v) is 8.04. The van der Waals surface area contributed by atoms with E-state index in [0.29, 0.717) is 17.6 Å². The molecule has 5 heterocycles. The van der Waals surface area contributed by atoms with Gasteiger partial charge in [0.2, 0.25) is 6.04 Å². The number of ether oxygens (including phenoxy) is 1. The second-order valence-electron chi connectivity index (χ2n) is 10.4. The fourth-order valence-electron chi connectivity index (χ4n) is 6.23. The van der Waals surface area contributed by atoms with Crippen molar-refractivity contribution in [2.24, 2.45) is 11.7 Å². The van der Waals surface area contributed by atoms with Gasteiger partial charge in [0.15, 0.2) is 0 Å². The second kappa shape index (κ2) is 10.9. The molecule has 3 atom stereocenters. The first kappa shape index (κ1) is 25.8. The van der Waals surface area contributed by atoms with Crippen molar-refractivity contribution in [2.45, 2.75) is 37.4 Å². The summed E-state index contributed by atoms with van der Waals surface area (Å²) in [5, 5.41) is 0.743. The molecule has 3 aliphatic rings. The number of carbonyl (C=O) groups is 3. The van der Waals surface area contributed by atoms with E-state index in [4.69, 9.17) is 14.9 Å². The number of piperidine rings is 3. The molecule has 2 aromatic heterocycles. The van der Waals surface area contributed by atoms with E-state index in [1.807, 2.05) is 36.5 Å². The maximum Gasteiger partial charge on any atom is 0.346 e.